The number of aliphatic hydroxyl groups excluding tert-OH is 1. The zero-order chi connectivity index (χ0) is 14.3. The lowest BCUT2D eigenvalue weighted by molar-refractivity contribution is -0.0798. The Morgan fingerprint density at radius 3 is 2.37 bits per heavy atom. The molecule has 1 aromatic heterocycles. The Labute approximate surface area is 114 Å². The van der Waals surface area contributed by atoms with Crippen LogP contribution in [0.5, 0.6) is 0 Å². The molecule has 6 heteroatoms. The van der Waals surface area contributed by atoms with Gasteiger partial charge in [0.25, 0.3) is 0 Å². The maximum atomic E-state index is 9.64. The van der Waals surface area contributed by atoms with Gasteiger partial charge in [0.2, 0.25) is 0 Å². The zero-order valence-electron chi connectivity index (χ0n) is 12.0. The first kappa shape index (κ1) is 14.5. The monoisotopic (exact) mass is 265 g/mol. The second-order valence-corrected chi connectivity index (χ2v) is 5.69. The molecule has 1 aliphatic heterocycles. The van der Waals surface area contributed by atoms with E-state index in [1.165, 1.54) is 7.11 Å². The average molecular weight is 265 g/mol. The number of pyridine rings is 1. The highest BCUT2D eigenvalue weighted by atomic mass is 16.7. The maximum Gasteiger partial charge on any atom is 0.494 e. The van der Waals surface area contributed by atoms with Crippen molar-refractivity contribution in [3.05, 3.63) is 24.0 Å². The smallest absolute Gasteiger partial charge is 0.399 e. The summed E-state index contributed by atoms with van der Waals surface area (Å²) < 4.78 is 16.7. The lowest BCUT2D eigenvalue weighted by Crippen LogP contribution is -2.41. The van der Waals surface area contributed by atoms with Crippen LogP contribution in [0, 0.1) is 0 Å². The molecule has 0 spiro atoms. The second kappa shape index (κ2) is 4.87. The molecule has 1 fully saturated rings. The summed E-state index contributed by atoms with van der Waals surface area (Å²) in [7, 11) is 0.962. The minimum Gasteiger partial charge on any atom is -0.399 e. The van der Waals surface area contributed by atoms with Crippen molar-refractivity contribution in [2.24, 2.45) is 0 Å². The molecule has 1 unspecified atom stereocenters. The fourth-order valence-electron chi connectivity index (χ4n) is 1.85. The molecule has 0 saturated carbocycles. The summed E-state index contributed by atoms with van der Waals surface area (Å²) in [4.78, 5) is 4.07. The van der Waals surface area contributed by atoms with Crippen molar-refractivity contribution in [1.82, 2.24) is 4.98 Å². The van der Waals surface area contributed by atoms with Gasteiger partial charge in [0.15, 0.2) is 6.29 Å². The molecular formula is C13H20BNO4. The van der Waals surface area contributed by atoms with Gasteiger partial charge in [-0.2, -0.15) is 0 Å². The molecule has 0 radical (unpaired) electrons. The lowest BCUT2D eigenvalue weighted by Gasteiger charge is -2.32. The lowest BCUT2D eigenvalue weighted by atomic mass is 9.79. The molecule has 0 aromatic carbocycles. The summed E-state index contributed by atoms with van der Waals surface area (Å²) in [6, 6.07) is 3.55. The Morgan fingerprint density at radius 1 is 1.26 bits per heavy atom. The number of rotatable bonds is 3. The van der Waals surface area contributed by atoms with Gasteiger partial charge in [-0.3, -0.25) is 4.98 Å². The molecule has 5 nitrogen and oxygen atoms in total. The molecule has 1 atom stereocenters. The normalized spacial score (nSPS) is 22.5. The molecule has 1 aromatic rings. The van der Waals surface area contributed by atoms with E-state index in [0.29, 0.717) is 5.69 Å². The number of nitrogens with zero attached hydrogens (tertiary/aromatic N) is 1. The molecule has 0 aliphatic carbocycles. The van der Waals surface area contributed by atoms with Gasteiger partial charge in [0.1, 0.15) is 0 Å². The summed E-state index contributed by atoms with van der Waals surface area (Å²) >= 11 is 0. The van der Waals surface area contributed by atoms with E-state index >= 15 is 0 Å². The third-order valence-corrected chi connectivity index (χ3v) is 3.81. The molecule has 0 amide bonds. The van der Waals surface area contributed by atoms with Gasteiger partial charge in [-0.15, -0.1) is 0 Å². The van der Waals surface area contributed by atoms with Crippen LogP contribution in [0.15, 0.2) is 18.3 Å². The molecule has 19 heavy (non-hydrogen) atoms. The Morgan fingerprint density at radius 2 is 1.84 bits per heavy atom. The molecule has 2 heterocycles. The fraction of sp³-hybridized carbons (Fsp3) is 0.615. The van der Waals surface area contributed by atoms with E-state index in [4.69, 9.17) is 14.0 Å². The van der Waals surface area contributed by atoms with Gasteiger partial charge in [-0.1, -0.05) is 0 Å². The van der Waals surface area contributed by atoms with Crippen LogP contribution < -0.4 is 5.46 Å². The van der Waals surface area contributed by atoms with Crippen molar-refractivity contribution in [3.8, 4) is 0 Å². The van der Waals surface area contributed by atoms with Crippen molar-refractivity contribution in [2.75, 3.05) is 7.11 Å². The average Bonchev–Trinajstić information content (AvgIpc) is 2.58. The summed E-state index contributed by atoms with van der Waals surface area (Å²) in [5, 5.41) is 9.64. The molecule has 2 rings (SSSR count). The number of aromatic nitrogens is 1. The zero-order valence-corrected chi connectivity index (χ0v) is 12.0. The minimum atomic E-state index is -1.04. The molecule has 104 valence electrons. The predicted molar refractivity (Wildman–Crippen MR) is 71.9 cm³/mol. The van der Waals surface area contributed by atoms with Crippen LogP contribution in [-0.4, -0.2) is 35.5 Å². The van der Waals surface area contributed by atoms with Gasteiger partial charge in [0, 0.05) is 13.3 Å². The first-order valence-electron chi connectivity index (χ1n) is 6.29. The van der Waals surface area contributed by atoms with Gasteiger partial charge >= 0.3 is 7.12 Å². The molecule has 1 N–H and O–H groups in total. The second-order valence-electron chi connectivity index (χ2n) is 5.69. The highest BCUT2D eigenvalue weighted by molar-refractivity contribution is 6.62. The van der Waals surface area contributed by atoms with Crippen LogP contribution in [0.2, 0.25) is 0 Å². The number of aliphatic hydroxyl groups is 1. The minimum absolute atomic E-state index is 0.388. The van der Waals surface area contributed by atoms with E-state index in [0.717, 1.165) is 5.46 Å². The van der Waals surface area contributed by atoms with Gasteiger partial charge in [-0.25, -0.2) is 0 Å². The fourth-order valence-corrected chi connectivity index (χ4v) is 1.85. The summed E-state index contributed by atoms with van der Waals surface area (Å²) in [6.07, 6.45) is 0.570. The van der Waals surface area contributed by atoms with Crippen LogP contribution in [-0.2, 0) is 14.0 Å². The van der Waals surface area contributed by atoms with Crippen molar-refractivity contribution < 1.29 is 19.2 Å². The molecule has 1 saturated heterocycles. The Balaban J connectivity index is 2.25. The Bertz CT molecular complexity index is 448. The van der Waals surface area contributed by atoms with Crippen molar-refractivity contribution in [1.29, 1.82) is 0 Å². The highest BCUT2D eigenvalue weighted by Crippen LogP contribution is 2.36. The van der Waals surface area contributed by atoms with Crippen LogP contribution >= 0.6 is 0 Å². The van der Waals surface area contributed by atoms with E-state index in [-0.39, 0.29) is 11.2 Å². The maximum absolute atomic E-state index is 9.64. The van der Waals surface area contributed by atoms with Crippen LogP contribution in [0.1, 0.15) is 39.7 Å². The Kier molecular flexibility index (Phi) is 3.70. The standard InChI is InChI=1S/C13H20BNO4/c1-12(2)13(3,4)19-14(18-12)9-6-7-15-10(8-9)11(16)17-5/h6-8,11,16H,1-5H3. The number of methoxy groups -OCH3 is 1. The van der Waals surface area contributed by atoms with Gasteiger partial charge < -0.3 is 19.2 Å². The first-order valence-corrected chi connectivity index (χ1v) is 6.29. The number of ether oxygens (including phenoxy) is 1. The Hall–Kier alpha value is -0.945. The quantitative estimate of drug-likeness (QED) is 0.653. The van der Waals surface area contributed by atoms with E-state index in [9.17, 15) is 5.11 Å². The summed E-state index contributed by atoms with van der Waals surface area (Å²) in [5.41, 5.74) is 0.483. The topological polar surface area (TPSA) is 60.8 Å². The molecular weight excluding hydrogens is 245 g/mol. The largest absolute Gasteiger partial charge is 0.494 e. The van der Waals surface area contributed by atoms with Crippen LogP contribution in [0.25, 0.3) is 0 Å². The van der Waals surface area contributed by atoms with Crippen molar-refractivity contribution in [3.63, 3.8) is 0 Å². The number of hydrogen-bond donors (Lipinski definition) is 1. The van der Waals surface area contributed by atoms with Gasteiger partial charge in [-0.05, 0) is 45.3 Å². The van der Waals surface area contributed by atoms with Crippen molar-refractivity contribution >= 4 is 12.6 Å². The van der Waals surface area contributed by atoms with E-state index in [2.05, 4.69) is 4.98 Å². The molecule has 0 bridgehead atoms. The van der Waals surface area contributed by atoms with E-state index in [1.54, 1.807) is 12.3 Å². The highest BCUT2D eigenvalue weighted by Gasteiger charge is 2.51. The summed E-state index contributed by atoms with van der Waals surface area (Å²) in [5.74, 6) is 0. The first-order chi connectivity index (χ1) is 8.77. The van der Waals surface area contributed by atoms with Gasteiger partial charge in [0.05, 0.1) is 16.9 Å². The predicted octanol–water partition coefficient (Wildman–Crippen LogP) is 1.02. The van der Waals surface area contributed by atoms with Crippen LogP contribution in [0.3, 0.4) is 0 Å². The third kappa shape index (κ3) is 2.67. The summed E-state index contributed by atoms with van der Waals surface area (Å²) in [6.45, 7) is 8.00. The number of hydrogen-bond acceptors (Lipinski definition) is 5. The molecule has 1 aliphatic rings. The van der Waals surface area contributed by atoms with E-state index < -0.39 is 13.4 Å². The third-order valence-electron chi connectivity index (χ3n) is 3.81. The van der Waals surface area contributed by atoms with Crippen molar-refractivity contribution in [2.45, 2.75) is 45.2 Å². The SMILES string of the molecule is COC(O)c1cc(B2OC(C)(C)C(C)(C)O2)ccn1. The van der Waals surface area contributed by atoms with E-state index in [1.807, 2.05) is 33.8 Å². The van der Waals surface area contributed by atoms with Crippen LogP contribution in [0.4, 0.5) is 0 Å².